The normalized spacial score (nSPS) is 23.4. The number of carbonyl (C=O) groups excluding carboxylic acids is 1. The van der Waals surface area contributed by atoms with Gasteiger partial charge in [0.1, 0.15) is 0 Å². The number of methoxy groups -OCH3 is 1. The molecule has 1 heterocycles. The lowest BCUT2D eigenvalue weighted by Crippen LogP contribution is -2.36. The highest BCUT2D eigenvalue weighted by atomic mass is 32.1. The van der Waals surface area contributed by atoms with E-state index >= 15 is 0 Å². The van der Waals surface area contributed by atoms with Crippen LogP contribution in [0.25, 0.3) is 0 Å². The maximum Gasteiger partial charge on any atom is 0.332 e. The zero-order chi connectivity index (χ0) is 11.5. The van der Waals surface area contributed by atoms with Gasteiger partial charge in [0.05, 0.1) is 7.11 Å². The van der Waals surface area contributed by atoms with E-state index in [0.29, 0.717) is 0 Å². The fraction of sp³-hybridized carbons (Fsp3) is 0.273. The number of benzene rings is 1. The van der Waals surface area contributed by atoms with E-state index in [1.165, 1.54) is 7.11 Å². The van der Waals surface area contributed by atoms with E-state index in [1.54, 1.807) is 0 Å². The molecule has 1 aliphatic heterocycles. The van der Waals surface area contributed by atoms with Crippen LogP contribution in [0.15, 0.2) is 30.3 Å². The maximum absolute atomic E-state index is 11.5. The zero-order valence-electron chi connectivity index (χ0n) is 8.67. The Kier molecular flexibility index (Phi) is 3.05. The summed E-state index contributed by atoms with van der Waals surface area (Å²) in [4.78, 5) is 11.5. The molecule has 1 saturated heterocycles. The summed E-state index contributed by atoms with van der Waals surface area (Å²) >= 11 is 4.90. The van der Waals surface area contributed by atoms with Gasteiger partial charge < -0.3 is 14.8 Å². The van der Waals surface area contributed by atoms with Gasteiger partial charge >= 0.3 is 5.97 Å². The largest absolute Gasteiger partial charge is 0.467 e. The van der Waals surface area contributed by atoms with Crippen molar-refractivity contribution in [3.05, 3.63) is 35.9 Å². The highest BCUT2D eigenvalue weighted by Gasteiger charge is 2.39. The van der Waals surface area contributed by atoms with E-state index in [0.717, 1.165) is 5.56 Å². The van der Waals surface area contributed by atoms with Crippen LogP contribution >= 0.6 is 12.2 Å². The number of carbonyl (C=O) groups is 1. The third-order valence-corrected chi connectivity index (χ3v) is 2.61. The van der Waals surface area contributed by atoms with Gasteiger partial charge in [0, 0.05) is 0 Å². The molecule has 2 rings (SSSR count). The van der Waals surface area contributed by atoms with E-state index < -0.39 is 12.1 Å². The fourth-order valence-corrected chi connectivity index (χ4v) is 1.86. The molecule has 0 aliphatic carbocycles. The summed E-state index contributed by atoms with van der Waals surface area (Å²) in [7, 11) is 1.34. The van der Waals surface area contributed by atoms with Gasteiger partial charge in [-0.2, -0.15) is 0 Å². The number of esters is 1. The van der Waals surface area contributed by atoms with Crippen LogP contribution in [0.3, 0.4) is 0 Å². The van der Waals surface area contributed by atoms with Crippen LogP contribution in [-0.2, 0) is 14.3 Å². The number of rotatable bonds is 2. The molecule has 1 aliphatic rings. The lowest BCUT2D eigenvalue weighted by molar-refractivity contribution is -0.144. The first-order chi connectivity index (χ1) is 7.72. The van der Waals surface area contributed by atoms with Crippen LogP contribution in [-0.4, -0.2) is 24.3 Å². The van der Waals surface area contributed by atoms with Crippen molar-refractivity contribution in [2.24, 2.45) is 0 Å². The number of thiocarbonyl (C=S) groups is 1. The third-order valence-electron chi connectivity index (χ3n) is 2.39. The minimum absolute atomic E-state index is 0.226. The second-order valence-electron chi connectivity index (χ2n) is 3.38. The Balaban J connectivity index is 2.26. The predicted molar refractivity (Wildman–Crippen MR) is 61.8 cm³/mol. The summed E-state index contributed by atoms with van der Waals surface area (Å²) < 4.78 is 10.1. The summed E-state index contributed by atoms with van der Waals surface area (Å²) in [5.41, 5.74) is 0.894. The Hall–Kier alpha value is -1.62. The Bertz CT molecular complexity index is 407. The second-order valence-corrected chi connectivity index (χ2v) is 3.75. The highest BCUT2D eigenvalue weighted by Crippen LogP contribution is 2.26. The molecule has 0 bridgehead atoms. The summed E-state index contributed by atoms with van der Waals surface area (Å²) in [6.45, 7) is 0. The van der Waals surface area contributed by atoms with Crippen molar-refractivity contribution in [1.82, 2.24) is 5.32 Å². The van der Waals surface area contributed by atoms with Crippen LogP contribution in [0, 0.1) is 0 Å². The number of hydrogen-bond donors (Lipinski definition) is 1. The zero-order valence-corrected chi connectivity index (χ0v) is 9.49. The molecule has 4 nitrogen and oxygen atoms in total. The first-order valence-corrected chi connectivity index (χ1v) is 5.23. The summed E-state index contributed by atoms with van der Waals surface area (Å²) in [5.74, 6) is -0.381. The predicted octanol–water partition coefficient (Wildman–Crippen LogP) is 1.17. The monoisotopic (exact) mass is 237 g/mol. The Morgan fingerprint density at radius 3 is 2.75 bits per heavy atom. The minimum Gasteiger partial charge on any atom is -0.467 e. The standard InChI is InChI=1S/C11H11NO3S/c1-14-10(13)8-9(15-11(16)12-8)7-5-3-2-4-6-7/h2-6,8-9H,1H3,(H,12,16). The molecule has 0 amide bonds. The van der Waals surface area contributed by atoms with Gasteiger partial charge in [0.2, 0.25) is 0 Å². The van der Waals surface area contributed by atoms with Crippen molar-refractivity contribution in [1.29, 1.82) is 0 Å². The molecule has 1 aromatic carbocycles. The number of nitrogens with one attached hydrogen (secondary N) is 1. The van der Waals surface area contributed by atoms with Gasteiger partial charge in [-0.15, -0.1) is 0 Å². The van der Waals surface area contributed by atoms with E-state index in [4.69, 9.17) is 21.7 Å². The Labute approximate surface area is 98.5 Å². The van der Waals surface area contributed by atoms with Crippen molar-refractivity contribution in [3.8, 4) is 0 Å². The molecule has 5 heteroatoms. The minimum atomic E-state index is -0.570. The van der Waals surface area contributed by atoms with E-state index in [1.807, 2.05) is 30.3 Å². The van der Waals surface area contributed by atoms with Crippen molar-refractivity contribution >= 4 is 23.4 Å². The molecule has 2 atom stereocenters. The summed E-state index contributed by atoms with van der Waals surface area (Å²) in [5, 5.41) is 3.01. The van der Waals surface area contributed by atoms with Crippen LogP contribution in [0.2, 0.25) is 0 Å². The van der Waals surface area contributed by atoms with Gasteiger partial charge in [0.15, 0.2) is 12.1 Å². The van der Waals surface area contributed by atoms with Crippen molar-refractivity contribution in [3.63, 3.8) is 0 Å². The van der Waals surface area contributed by atoms with E-state index in [-0.39, 0.29) is 11.1 Å². The first-order valence-electron chi connectivity index (χ1n) is 4.82. The van der Waals surface area contributed by atoms with Crippen LogP contribution in [0.1, 0.15) is 11.7 Å². The van der Waals surface area contributed by atoms with Gasteiger partial charge in [-0.05, 0) is 17.8 Å². The average Bonchev–Trinajstić information content (AvgIpc) is 2.71. The first kappa shape index (κ1) is 10.9. The van der Waals surface area contributed by atoms with Gasteiger partial charge in [-0.25, -0.2) is 4.79 Å². The summed E-state index contributed by atoms with van der Waals surface area (Å²) in [6, 6.07) is 8.87. The number of hydrogen-bond acceptors (Lipinski definition) is 4. The SMILES string of the molecule is COC(=O)C1NC(=S)OC1c1ccccc1. The molecule has 0 saturated carbocycles. The third kappa shape index (κ3) is 1.99. The molecular weight excluding hydrogens is 226 g/mol. The van der Waals surface area contributed by atoms with Crippen molar-refractivity contribution in [2.75, 3.05) is 7.11 Å². The highest BCUT2D eigenvalue weighted by molar-refractivity contribution is 7.80. The van der Waals surface area contributed by atoms with Crippen molar-refractivity contribution in [2.45, 2.75) is 12.1 Å². The number of ether oxygens (including phenoxy) is 2. The lowest BCUT2D eigenvalue weighted by Gasteiger charge is -2.15. The smallest absolute Gasteiger partial charge is 0.332 e. The molecule has 0 aromatic heterocycles. The second kappa shape index (κ2) is 4.49. The Morgan fingerprint density at radius 1 is 1.44 bits per heavy atom. The average molecular weight is 237 g/mol. The summed E-state index contributed by atoms with van der Waals surface area (Å²) in [6.07, 6.45) is -0.416. The van der Waals surface area contributed by atoms with Gasteiger partial charge in [-0.3, -0.25) is 0 Å². The van der Waals surface area contributed by atoms with Crippen LogP contribution < -0.4 is 5.32 Å². The van der Waals surface area contributed by atoms with Crippen LogP contribution in [0.4, 0.5) is 0 Å². The molecule has 2 unspecified atom stereocenters. The molecule has 0 spiro atoms. The molecule has 1 fully saturated rings. The van der Waals surface area contributed by atoms with E-state index in [2.05, 4.69) is 5.32 Å². The topological polar surface area (TPSA) is 47.6 Å². The Morgan fingerprint density at radius 2 is 2.12 bits per heavy atom. The molecular formula is C11H11NO3S. The fourth-order valence-electron chi connectivity index (χ4n) is 1.63. The molecule has 0 radical (unpaired) electrons. The molecule has 84 valence electrons. The molecule has 16 heavy (non-hydrogen) atoms. The van der Waals surface area contributed by atoms with Gasteiger partial charge in [0.25, 0.3) is 5.17 Å². The van der Waals surface area contributed by atoms with Crippen LogP contribution in [0.5, 0.6) is 0 Å². The molecule has 1 aromatic rings. The molecule has 1 N–H and O–H groups in total. The quantitative estimate of drug-likeness (QED) is 0.618. The van der Waals surface area contributed by atoms with Crippen molar-refractivity contribution < 1.29 is 14.3 Å². The maximum atomic E-state index is 11.5. The van der Waals surface area contributed by atoms with E-state index in [9.17, 15) is 4.79 Å². The lowest BCUT2D eigenvalue weighted by atomic mass is 10.0. The van der Waals surface area contributed by atoms with Gasteiger partial charge in [-0.1, -0.05) is 30.3 Å².